The van der Waals surface area contributed by atoms with Gasteiger partial charge >= 0.3 is 0 Å². The van der Waals surface area contributed by atoms with Gasteiger partial charge in [-0.3, -0.25) is 0 Å². The summed E-state index contributed by atoms with van der Waals surface area (Å²) in [5.74, 6) is 0. The van der Waals surface area contributed by atoms with Gasteiger partial charge in [-0.2, -0.15) is 0 Å². The third-order valence-electron chi connectivity index (χ3n) is 3.11. The number of hydrogen-bond donors (Lipinski definition) is 1. The van der Waals surface area contributed by atoms with Crippen molar-refractivity contribution in [3.63, 3.8) is 0 Å². The second-order valence-electron chi connectivity index (χ2n) is 4.65. The largest absolute Gasteiger partial charge is 0.399 e. The summed E-state index contributed by atoms with van der Waals surface area (Å²) in [6, 6.07) is 6.35. The van der Waals surface area contributed by atoms with Crippen molar-refractivity contribution in [1.29, 1.82) is 0 Å². The fraction of sp³-hybridized carbons (Fsp3) is 0.500. The minimum atomic E-state index is 0.348. The predicted octanol–water partition coefficient (Wildman–Crippen LogP) is 2.88. The lowest BCUT2D eigenvalue weighted by Gasteiger charge is -2.32. The molecule has 1 nitrogen and oxygen atoms in total. The van der Waals surface area contributed by atoms with Gasteiger partial charge < -0.3 is 5.73 Å². The number of nitrogens with two attached hydrogens (primary N) is 1. The highest BCUT2D eigenvalue weighted by Gasteiger charge is 2.26. The average Bonchev–Trinajstić information content (AvgIpc) is 2.02. The molecule has 70 valence electrons. The molecule has 13 heavy (non-hydrogen) atoms. The van der Waals surface area contributed by atoms with Gasteiger partial charge in [0, 0.05) is 5.69 Å². The van der Waals surface area contributed by atoms with Crippen molar-refractivity contribution >= 4 is 5.69 Å². The molecule has 1 aliphatic rings. The highest BCUT2D eigenvalue weighted by molar-refractivity contribution is 5.48. The molecule has 0 saturated carbocycles. The van der Waals surface area contributed by atoms with Gasteiger partial charge in [0.25, 0.3) is 0 Å². The van der Waals surface area contributed by atoms with Crippen LogP contribution in [0.15, 0.2) is 18.2 Å². The Balaban J connectivity index is 2.53. The van der Waals surface area contributed by atoms with E-state index in [0.717, 1.165) is 5.69 Å². The normalized spacial score (nSPS) is 19.5. The summed E-state index contributed by atoms with van der Waals surface area (Å²) in [7, 11) is 0. The molecule has 1 aromatic carbocycles. The number of hydrogen-bond acceptors (Lipinski definition) is 1. The molecule has 1 aromatic rings. The third-order valence-corrected chi connectivity index (χ3v) is 3.11. The van der Waals surface area contributed by atoms with Crippen LogP contribution in [0, 0.1) is 0 Å². The SMILES string of the molecule is CC1(C)CCCc2cc(N)ccc21. The summed E-state index contributed by atoms with van der Waals surface area (Å²) < 4.78 is 0. The molecule has 0 fully saturated rings. The zero-order valence-electron chi connectivity index (χ0n) is 8.43. The van der Waals surface area contributed by atoms with E-state index in [1.54, 1.807) is 0 Å². The van der Waals surface area contributed by atoms with Gasteiger partial charge in [-0.05, 0) is 47.9 Å². The monoisotopic (exact) mass is 175 g/mol. The molecule has 2 N–H and O–H groups in total. The Morgan fingerprint density at radius 3 is 2.85 bits per heavy atom. The number of nitrogen functional groups attached to an aromatic ring is 1. The molecule has 0 radical (unpaired) electrons. The fourth-order valence-corrected chi connectivity index (χ4v) is 2.34. The summed E-state index contributed by atoms with van der Waals surface area (Å²) in [6.07, 6.45) is 3.79. The quantitative estimate of drug-likeness (QED) is 0.603. The molecule has 1 aliphatic carbocycles. The molecule has 0 aliphatic heterocycles. The topological polar surface area (TPSA) is 26.0 Å². The van der Waals surface area contributed by atoms with E-state index in [1.807, 2.05) is 6.07 Å². The van der Waals surface area contributed by atoms with Crippen LogP contribution in [0.5, 0.6) is 0 Å². The van der Waals surface area contributed by atoms with Crippen molar-refractivity contribution in [2.75, 3.05) is 5.73 Å². The van der Waals surface area contributed by atoms with Crippen LogP contribution in [0.3, 0.4) is 0 Å². The van der Waals surface area contributed by atoms with Crippen LogP contribution < -0.4 is 5.73 Å². The van der Waals surface area contributed by atoms with E-state index in [2.05, 4.69) is 26.0 Å². The standard InChI is InChI=1S/C12H17N/c1-12(2)7-3-4-9-8-10(13)5-6-11(9)12/h5-6,8H,3-4,7,13H2,1-2H3. The first-order valence-electron chi connectivity index (χ1n) is 4.98. The smallest absolute Gasteiger partial charge is 0.0316 e. The Kier molecular flexibility index (Phi) is 1.83. The van der Waals surface area contributed by atoms with Crippen LogP contribution >= 0.6 is 0 Å². The molecule has 0 spiro atoms. The summed E-state index contributed by atoms with van der Waals surface area (Å²) in [5.41, 5.74) is 9.97. The van der Waals surface area contributed by atoms with Gasteiger partial charge in [-0.15, -0.1) is 0 Å². The summed E-state index contributed by atoms with van der Waals surface area (Å²) in [5, 5.41) is 0. The summed E-state index contributed by atoms with van der Waals surface area (Å²) in [6.45, 7) is 4.64. The minimum absolute atomic E-state index is 0.348. The zero-order chi connectivity index (χ0) is 9.47. The third kappa shape index (κ3) is 1.43. The number of fused-ring (bicyclic) bond motifs is 1. The molecule has 1 heteroatoms. The van der Waals surface area contributed by atoms with Gasteiger partial charge in [0.15, 0.2) is 0 Å². The summed E-state index contributed by atoms with van der Waals surface area (Å²) in [4.78, 5) is 0. The van der Waals surface area contributed by atoms with Crippen molar-refractivity contribution in [2.24, 2.45) is 0 Å². The van der Waals surface area contributed by atoms with Crippen molar-refractivity contribution in [3.05, 3.63) is 29.3 Å². The molecule has 0 atom stereocenters. The van der Waals surface area contributed by atoms with Crippen LogP contribution in [0.1, 0.15) is 37.8 Å². The maximum Gasteiger partial charge on any atom is 0.0316 e. The van der Waals surface area contributed by atoms with Crippen LogP contribution in [0.25, 0.3) is 0 Å². The van der Waals surface area contributed by atoms with Crippen molar-refractivity contribution in [1.82, 2.24) is 0 Å². The van der Waals surface area contributed by atoms with Crippen molar-refractivity contribution in [2.45, 2.75) is 38.5 Å². The van der Waals surface area contributed by atoms with Crippen molar-refractivity contribution < 1.29 is 0 Å². The van der Waals surface area contributed by atoms with E-state index in [0.29, 0.717) is 5.41 Å². The minimum Gasteiger partial charge on any atom is -0.399 e. The second kappa shape index (κ2) is 2.76. The number of anilines is 1. The molecule has 0 amide bonds. The molecule has 0 bridgehead atoms. The van der Waals surface area contributed by atoms with E-state index in [-0.39, 0.29) is 0 Å². The number of benzene rings is 1. The van der Waals surface area contributed by atoms with Gasteiger partial charge in [0.1, 0.15) is 0 Å². The van der Waals surface area contributed by atoms with Crippen LogP contribution in [0.4, 0.5) is 5.69 Å². The average molecular weight is 175 g/mol. The fourth-order valence-electron chi connectivity index (χ4n) is 2.34. The lowest BCUT2D eigenvalue weighted by atomic mass is 9.73. The first-order valence-corrected chi connectivity index (χ1v) is 4.98. The van der Waals surface area contributed by atoms with Gasteiger partial charge in [0.05, 0.1) is 0 Å². The Morgan fingerprint density at radius 1 is 1.31 bits per heavy atom. The lowest BCUT2D eigenvalue weighted by molar-refractivity contribution is 0.432. The summed E-state index contributed by atoms with van der Waals surface area (Å²) >= 11 is 0. The number of aryl methyl sites for hydroxylation is 1. The molecular weight excluding hydrogens is 158 g/mol. The predicted molar refractivity (Wildman–Crippen MR) is 56.8 cm³/mol. The number of rotatable bonds is 0. The maximum absolute atomic E-state index is 5.77. The van der Waals surface area contributed by atoms with E-state index < -0.39 is 0 Å². The highest BCUT2D eigenvalue weighted by Crippen LogP contribution is 2.37. The maximum atomic E-state index is 5.77. The Labute approximate surface area is 80.0 Å². The van der Waals surface area contributed by atoms with E-state index >= 15 is 0 Å². The first kappa shape index (κ1) is 8.61. The Bertz CT molecular complexity index is 326. The van der Waals surface area contributed by atoms with Gasteiger partial charge in [-0.1, -0.05) is 19.9 Å². The molecule has 0 unspecified atom stereocenters. The Hall–Kier alpha value is -0.980. The highest BCUT2D eigenvalue weighted by atomic mass is 14.5. The lowest BCUT2D eigenvalue weighted by Crippen LogP contribution is -2.23. The van der Waals surface area contributed by atoms with Gasteiger partial charge in [0.2, 0.25) is 0 Å². The second-order valence-corrected chi connectivity index (χ2v) is 4.65. The van der Waals surface area contributed by atoms with Gasteiger partial charge in [-0.25, -0.2) is 0 Å². The van der Waals surface area contributed by atoms with Crippen LogP contribution in [-0.4, -0.2) is 0 Å². The molecular formula is C12H17N. The van der Waals surface area contributed by atoms with E-state index in [1.165, 1.54) is 30.4 Å². The molecule has 2 rings (SSSR count). The first-order chi connectivity index (χ1) is 6.09. The van der Waals surface area contributed by atoms with E-state index in [4.69, 9.17) is 5.73 Å². The molecule has 0 heterocycles. The Morgan fingerprint density at radius 2 is 2.08 bits per heavy atom. The zero-order valence-corrected chi connectivity index (χ0v) is 8.43. The molecule has 0 saturated heterocycles. The van der Waals surface area contributed by atoms with Crippen LogP contribution in [0.2, 0.25) is 0 Å². The van der Waals surface area contributed by atoms with Crippen molar-refractivity contribution in [3.8, 4) is 0 Å². The molecule has 0 aromatic heterocycles. The van der Waals surface area contributed by atoms with E-state index in [9.17, 15) is 0 Å². The van der Waals surface area contributed by atoms with Crippen LogP contribution in [-0.2, 0) is 11.8 Å².